The van der Waals surface area contributed by atoms with Crippen LogP contribution in [-0.2, 0) is 17.9 Å². The normalized spacial score (nSPS) is 10.1. The van der Waals surface area contributed by atoms with Crippen molar-refractivity contribution < 1.29 is 4.79 Å². The Hall–Kier alpha value is -2.36. The Kier molecular flexibility index (Phi) is 4.71. The fourth-order valence-electron chi connectivity index (χ4n) is 2.06. The first kappa shape index (κ1) is 14.1. The Balaban J connectivity index is 2.12. The maximum absolute atomic E-state index is 11.0. The van der Waals surface area contributed by atoms with Crippen LogP contribution in [-0.4, -0.2) is 17.9 Å². The van der Waals surface area contributed by atoms with E-state index in [2.05, 4.69) is 27.3 Å². The summed E-state index contributed by atoms with van der Waals surface area (Å²) in [5.41, 5.74) is 2.24. The number of rotatable bonds is 5. The van der Waals surface area contributed by atoms with Crippen LogP contribution in [0.25, 0.3) is 0 Å². The fourth-order valence-corrected chi connectivity index (χ4v) is 2.06. The molecule has 1 aromatic heterocycles. The number of hydrogen-bond donors (Lipinski definition) is 1. The number of carbonyl (C=O) groups excluding carboxylic acids is 1. The molecule has 4 nitrogen and oxygen atoms in total. The Bertz CT molecular complexity index is 569. The van der Waals surface area contributed by atoms with Gasteiger partial charge in [0.1, 0.15) is 5.82 Å². The van der Waals surface area contributed by atoms with Gasteiger partial charge in [-0.05, 0) is 11.6 Å². The molecule has 0 bridgehead atoms. The summed E-state index contributed by atoms with van der Waals surface area (Å²) in [5.74, 6) is 0.857. The molecule has 20 heavy (non-hydrogen) atoms. The number of carbonyl (C=O) groups is 1. The number of amides is 1. The molecule has 2 rings (SSSR count). The Morgan fingerprint density at radius 1 is 1.20 bits per heavy atom. The molecule has 0 saturated heterocycles. The lowest BCUT2D eigenvalue weighted by molar-refractivity contribution is -0.119. The van der Waals surface area contributed by atoms with Gasteiger partial charge >= 0.3 is 0 Å². The molecule has 0 fully saturated rings. The standard InChI is InChI=1S/C16H19N3O/c1-13(20)18-11-15-9-6-10-17-16(15)19(2)12-14-7-4-3-5-8-14/h3-10H,11-12H2,1-2H3,(H,18,20). The van der Waals surface area contributed by atoms with Gasteiger partial charge in [0.15, 0.2) is 0 Å². The van der Waals surface area contributed by atoms with E-state index in [4.69, 9.17) is 0 Å². The highest BCUT2D eigenvalue weighted by Crippen LogP contribution is 2.17. The molecule has 0 atom stereocenters. The minimum atomic E-state index is -0.0366. The van der Waals surface area contributed by atoms with Crippen LogP contribution in [0.15, 0.2) is 48.7 Å². The molecule has 0 aliphatic carbocycles. The number of nitrogens with one attached hydrogen (secondary N) is 1. The van der Waals surface area contributed by atoms with Gasteiger partial charge in [0.05, 0.1) is 0 Å². The van der Waals surface area contributed by atoms with E-state index in [0.717, 1.165) is 17.9 Å². The van der Waals surface area contributed by atoms with E-state index in [1.165, 1.54) is 12.5 Å². The molecule has 104 valence electrons. The van der Waals surface area contributed by atoms with E-state index in [1.54, 1.807) is 6.20 Å². The second kappa shape index (κ2) is 6.70. The van der Waals surface area contributed by atoms with Gasteiger partial charge in [0.2, 0.25) is 5.91 Å². The molecule has 0 radical (unpaired) electrons. The molecule has 1 aromatic carbocycles. The average molecular weight is 269 g/mol. The van der Waals surface area contributed by atoms with Crippen molar-refractivity contribution in [2.24, 2.45) is 0 Å². The average Bonchev–Trinajstić information content (AvgIpc) is 2.46. The molecule has 1 heterocycles. The summed E-state index contributed by atoms with van der Waals surface area (Å²) in [6, 6.07) is 14.1. The number of nitrogens with zero attached hydrogens (tertiary/aromatic N) is 2. The number of anilines is 1. The third kappa shape index (κ3) is 3.82. The Labute approximate surface area is 119 Å². The van der Waals surface area contributed by atoms with Crippen molar-refractivity contribution in [3.8, 4) is 0 Å². The van der Waals surface area contributed by atoms with Gasteiger partial charge in [-0.3, -0.25) is 4.79 Å². The predicted molar refractivity (Wildman–Crippen MR) is 80.3 cm³/mol. The lowest BCUT2D eigenvalue weighted by atomic mass is 10.2. The highest BCUT2D eigenvalue weighted by Gasteiger charge is 2.09. The molecular formula is C16H19N3O. The largest absolute Gasteiger partial charge is 0.355 e. The zero-order valence-electron chi connectivity index (χ0n) is 11.8. The van der Waals surface area contributed by atoms with Gasteiger partial charge in [0, 0.05) is 38.8 Å². The third-order valence-electron chi connectivity index (χ3n) is 3.02. The SMILES string of the molecule is CC(=O)NCc1cccnc1N(C)Cc1ccccc1. The van der Waals surface area contributed by atoms with E-state index in [0.29, 0.717) is 6.54 Å². The molecule has 0 spiro atoms. The first-order valence-corrected chi connectivity index (χ1v) is 6.60. The van der Waals surface area contributed by atoms with Crippen LogP contribution >= 0.6 is 0 Å². The number of benzene rings is 1. The van der Waals surface area contributed by atoms with E-state index >= 15 is 0 Å². The highest BCUT2D eigenvalue weighted by atomic mass is 16.1. The van der Waals surface area contributed by atoms with Gasteiger partial charge in [-0.15, -0.1) is 0 Å². The van der Waals surface area contributed by atoms with E-state index in [9.17, 15) is 4.79 Å². The van der Waals surface area contributed by atoms with Gasteiger partial charge in [-0.2, -0.15) is 0 Å². The summed E-state index contributed by atoms with van der Waals surface area (Å²) >= 11 is 0. The van der Waals surface area contributed by atoms with Gasteiger partial charge in [-0.25, -0.2) is 4.98 Å². The van der Waals surface area contributed by atoms with Crippen molar-refractivity contribution >= 4 is 11.7 Å². The number of hydrogen-bond acceptors (Lipinski definition) is 3. The number of pyridine rings is 1. The van der Waals surface area contributed by atoms with Crippen LogP contribution in [0.4, 0.5) is 5.82 Å². The van der Waals surface area contributed by atoms with Crippen molar-refractivity contribution in [3.63, 3.8) is 0 Å². The molecule has 2 aromatic rings. The van der Waals surface area contributed by atoms with E-state index < -0.39 is 0 Å². The molecule has 0 aliphatic rings. The molecule has 0 unspecified atom stereocenters. The van der Waals surface area contributed by atoms with Crippen LogP contribution in [0.3, 0.4) is 0 Å². The monoisotopic (exact) mass is 269 g/mol. The first-order chi connectivity index (χ1) is 9.66. The summed E-state index contributed by atoms with van der Waals surface area (Å²) in [5, 5.41) is 2.82. The zero-order chi connectivity index (χ0) is 14.4. The molecule has 0 aliphatic heterocycles. The second-order valence-electron chi connectivity index (χ2n) is 4.74. The predicted octanol–water partition coefficient (Wildman–Crippen LogP) is 2.35. The summed E-state index contributed by atoms with van der Waals surface area (Å²) in [6.45, 7) is 2.80. The minimum absolute atomic E-state index is 0.0366. The zero-order valence-corrected chi connectivity index (χ0v) is 11.8. The van der Waals surface area contributed by atoms with Crippen molar-refractivity contribution in [2.45, 2.75) is 20.0 Å². The Morgan fingerprint density at radius 3 is 2.65 bits per heavy atom. The van der Waals surface area contributed by atoms with Crippen LogP contribution < -0.4 is 10.2 Å². The molecule has 4 heteroatoms. The van der Waals surface area contributed by atoms with Crippen LogP contribution in [0.1, 0.15) is 18.1 Å². The maximum Gasteiger partial charge on any atom is 0.217 e. The summed E-state index contributed by atoms with van der Waals surface area (Å²) in [6.07, 6.45) is 1.77. The summed E-state index contributed by atoms with van der Waals surface area (Å²) in [4.78, 5) is 17.6. The second-order valence-corrected chi connectivity index (χ2v) is 4.74. The highest BCUT2D eigenvalue weighted by molar-refractivity contribution is 5.73. The number of aromatic nitrogens is 1. The first-order valence-electron chi connectivity index (χ1n) is 6.60. The fraction of sp³-hybridized carbons (Fsp3) is 0.250. The third-order valence-corrected chi connectivity index (χ3v) is 3.02. The van der Waals surface area contributed by atoms with E-state index in [1.807, 2.05) is 37.4 Å². The summed E-state index contributed by atoms with van der Waals surface area (Å²) in [7, 11) is 2.01. The van der Waals surface area contributed by atoms with Crippen LogP contribution in [0.2, 0.25) is 0 Å². The molecular weight excluding hydrogens is 250 g/mol. The smallest absolute Gasteiger partial charge is 0.217 e. The van der Waals surface area contributed by atoms with Crippen molar-refractivity contribution in [2.75, 3.05) is 11.9 Å². The Morgan fingerprint density at radius 2 is 1.95 bits per heavy atom. The van der Waals surface area contributed by atoms with Gasteiger partial charge in [-0.1, -0.05) is 36.4 Å². The van der Waals surface area contributed by atoms with Crippen LogP contribution in [0, 0.1) is 0 Å². The van der Waals surface area contributed by atoms with E-state index in [-0.39, 0.29) is 5.91 Å². The van der Waals surface area contributed by atoms with Crippen LogP contribution in [0.5, 0.6) is 0 Å². The maximum atomic E-state index is 11.0. The lowest BCUT2D eigenvalue weighted by Gasteiger charge is -2.21. The topological polar surface area (TPSA) is 45.2 Å². The van der Waals surface area contributed by atoms with Crippen molar-refractivity contribution in [1.29, 1.82) is 0 Å². The molecule has 1 N–H and O–H groups in total. The molecule has 1 amide bonds. The van der Waals surface area contributed by atoms with Crippen molar-refractivity contribution in [3.05, 3.63) is 59.8 Å². The van der Waals surface area contributed by atoms with Gasteiger partial charge in [0.25, 0.3) is 0 Å². The van der Waals surface area contributed by atoms with Gasteiger partial charge < -0.3 is 10.2 Å². The lowest BCUT2D eigenvalue weighted by Crippen LogP contribution is -2.23. The minimum Gasteiger partial charge on any atom is -0.355 e. The quantitative estimate of drug-likeness (QED) is 0.906. The summed E-state index contributed by atoms with van der Waals surface area (Å²) < 4.78 is 0. The molecule has 0 saturated carbocycles. The van der Waals surface area contributed by atoms with Crippen molar-refractivity contribution in [1.82, 2.24) is 10.3 Å².